The van der Waals surface area contributed by atoms with Gasteiger partial charge in [0.1, 0.15) is 5.75 Å². The second kappa shape index (κ2) is 10.1. The predicted octanol–water partition coefficient (Wildman–Crippen LogP) is 4.13. The molecule has 0 unspecified atom stereocenters. The molecule has 0 bridgehead atoms. The minimum atomic E-state index is -4.47. The molecule has 0 aliphatic heterocycles. The van der Waals surface area contributed by atoms with E-state index in [1.54, 1.807) is 7.11 Å². The van der Waals surface area contributed by atoms with Gasteiger partial charge in [-0.3, -0.25) is 4.79 Å². The number of aromatic nitrogens is 2. The molecule has 0 aliphatic rings. The molecular weight excluding hydrogens is 411 g/mol. The Hall–Kier alpha value is -3.36. The highest BCUT2D eigenvalue weighted by Crippen LogP contribution is 2.31. The molecule has 9 heteroatoms. The first-order valence-corrected chi connectivity index (χ1v) is 9.71. The van der Waals surface area contributed by atoms with Crippen molar-refractivity contribution in [2.45, 2.75) is 38.4 Å². The van der Waals surface area contributed by atoms with Crippen molar-refractivity contribution in [1.29, 1.82) is 0 Å². The molecule has 3 rings (SSSR count). The van der Waals surface area contributed by atoms with Crippen molar-refractivity contribution in [2.24, 2.45) is 0 Å². The van der Waals surface area contributed by atoms with Gasteiger partial charge in [-0.2, -0.15) is 13.2 Å². The first kappa shape index (κ1) is 22.3. The fourth-order valence-corrected chi connectivity index (χ4v) is 3.02. The lowest BCUT2D eigenvalue weighted by Crippen LogP contribution is -2.24. The molecule has 6 nitrogen and oxygen atoms in total. The van der Waals surface area contributed by atoms with Gasteiger partial charge in [-0.1, -0.05) is 30.3 Å². The van der Waals surface area contributed by atoms with Crippen molar-refractivity contribution in [3.8, 4) is 5.75 Å². The van der Waals surface area contributed by atoms with Crippen molar-refractivity contribution >= 4 is 5.91 Å². The molecule has 31 heavy (non-hydrogen) atoms. The Bertz CT molecular complexity index is 1020. The van der Waals surface area contributed by atoms with Crippen LogP contribution >= 0.6 is 0 Å². The van der Waals surface area contributed by atoms with Crippen molar-refractivity contribution < 1.29 is 27.1 Å². The van der Waals surface area contributed by atoms with Crippen LogP contribution in [-0.4, -0.2) is 23.2 Å². The van der Waals surface area contributed by atoms with Crippen molar-refractivity contribution in [1.82, 2.24) is 15.5 Å². The number of hydrogen-bond acceptors (Lipinski definition) is 5. The molecular formula is C22H22F3N3O3. The van der Waals surface area contributed by atoms with Crippen molar-refractivity contribution in [2.75, 3.05) is 7.11 Å². The van der Waals surface area contributed by atoms with Gasteiger partial charge in [0.2, 0.25) is 17.7 Å². The minimum absolute atomic E-state index is 0.0148. The minimum Gasteiger partial charge on any atom is -0.497 e. The fourth-order valence-electron chi connectivity index (χ4n) is 3.02. The Labute approximate surface area is 177 Å². The number of nitrogens with one attached hydrogen (secondary N) is 1. The molecule has 0 fully saturated rings. The van der Waals surface area contributed by atoms with E-state index in [4.69, 9.17) is 9.15 Å². The van der Waals surface area contributed by atoms with E-state index in [1.807, 2.05) is 24.3 Å². The number of benzene rings is 2. The Morgan fingerprint density at radius 2 is 1.77 bits per heavy atom. The predicted molar refractivity (Wildman–Crippen MR) is 106 cm³/mol. The summed E-state index contributed by atoms with van der Waals surface area (Å²) in [5, 5.41) is 10.4. The zero-order valence-corrected chi connectivity index (χ0v) is 16.9. The van der Waals surface area contributed by atoms with E-state index in [-0.39, 0.29) is 24.9 Å². The summed E-state index contributed by atoms with van der Waals surface area (Å²) in [5.41, 5.74) is 0.325. The van der Waals surface area contributed by atoms with Crippen LogP contribution < -0.4 is 10.1 Å². The third kappa shape index (κ3) is 6.56. The summed E-state index contributed by atoms with van der Waals surface area (Å²) in [7, 11) is 1.61. The van der Waals surface area contributed by atoms with Crippen LogP contribution in [0, 0.1) is 0 Å². The normalized spacial score (nSPS) is 11.4. The topological polar surface area (TPSA) is 77.2 Å². The van der Waals surface area contributed by atoms with Gasteiger partial charge in [0.15, 0.2) is 0 Å². The highest BCUT2D eigenvalue weighted by Gasteiger charge is 2.32. The van der Waals surface area contributed by atoms with Crippen LogP contribution in [0.1, 0.15) is 34.9 Å². The summed E-state index contributed by atoms with van der Waals surface area (Å²) < 4.78 is 49.8. The van der Waals surface area contributed by atoms with Gasteiger partial charge in [0.05, 0.1) is 12.7 Å². The van der Waals surface area contributed by atoms with Gasteiger partial charge < -0.3 is 14.5 Å². The van der Waals surface area contributed by atoms with Crippen LogP contribution in [0.2, 0.25) is 0 Å². The lowest BCUT2D eigenvalue weighted by Gasteiger charge is -2.13. The third-order valence-corrected chi connectivity index (χ3v) is 4.64. The monoisotopic (exact) mass is 433 g/mol. The quantitative estimate of drug-likeness (QED) is 0.549. The van der Waals surface area contributed by atoms with Crippen LogP contribution in [0.4, 0.5) is 13.2 Å². The summed E-state index contributed by atoms with van der Waals surface area (Å²) >= 11 is 0. The van der Waals surface area contributed by atoms with E-state index in [9.17, 15) is 18.0 Å². The van der Waals surface area contributed by atoms with Crippen LogP contribution in [0.5, 0.6) is 5.75 Å². The molecule has 0 spiro atoms. The second-order valence-corrected chi connectivity index (χ2v) is 6.87. The molecule has 0 saturated carbocycles. The number of carbonyl (C=O) groups excluding carboxylic acids is 1. The first-order valence-electron chi connectivity index (χ1n) is 9.71. The maximum Gasteiger partial charge on any atom is 0.416 e. The average molecular weight is 433 g/mol. The zero-order valence-electron chi connectivity index (χ0n) is 16.9. The molecule has 0 saturated heterocycles. The standard InChI is InChI=1S/C22H22F3N3O3/c1-30-17-7-4-5-15(13-17)9-11-20-27-28-21(31-20)12-10-19(29)26-14-16-6-2-3-8-18(16)22(23,24)25/h2-8,13H,9-12,14H2,1H3,(H,26,29). The van der Waals surface area contributed by atoms with E-state index in [1.165, 1.54) is 18.2 Å². The van der Waals surface area contributed by atoms with Crippen LogP contribution in [0.3, 0.4) is 0 Å². The first-order chi connectivity index (χ1) is 14.8. The maximum atomic E-state index is 13.0. The van der Waals surface area contributed by atoms with Gasteiger partial charge in [-0.05, 0) is 35.7 Å². The van der Waals surface area contributed by atoms with Crippen molar-refractivity contribution in [3.63, 3.8) is 0 Å². The summed E-state index contributed by atoms with van der Waals surface area (Å²) in [6, 6.07) is 12.8. The van der Waals surface area contributed by atoms with E-state index in [2.05, 4.69) is 15.5 Å². The number of hydrogen-bond donors (Lipinski definition) is 1. The molecule has 1 N–H and O–H groups in total. The molecule has 3 aromatic rings. The molecule has 0 aliphatic carbocycles. The molecule has 1 heterocycles. The van der Waals surface area contributed by atoms with Crippen LogP contribution in [0.15, 0.2) is 52.9 Å². The molecule has 1 aromatic heterocycles. The number of alkyl halides is 3. The lowest BCUT2D eigenvalue weighted by molar-refractivity contribution is -0.138. The molecule has 2 aromatic carbocycles. The maximum absolute atomic E-state index is 13.0. The third-order valence-electron chi connectivity index (χ3n) is 4.64. The number of methoxy groups -OCH3 is 1. The van der Waals surface area contributed by atoms with E-state index in [0.717, 1.165) is 17.4 Å². The number of aryl methyl sites for hydroxylation is 3. The van der Waals surface area contributed by atoms with E-state index >= 15 is 0 Å². The average Bonchev–Trinajstić information content (AvgIpc) is 3.22. The van der Waals surface area contributed by atoms with Crippen LogP contribution in [0.25, 0.3) is 0 Å². The fraction of sp³-hybridized carbons (Fsp3) is 0.318. The Kier molecular flexibility index (Phi) is 7.28. The molecule has 0 radical (unpaired) electrons. The van der Waals surface area contributed by atoms with Crippen molar-refractivity contribution in [3.05, 3.63) is 77.0 Å². The van der Waals surface area contributed by atoms with Gasteiger partial charge in [-0.25, -0.2) is 0 Å². The number of nitrogens with zero attached hydrogens (tertiary/aromatic N) is 2. The number of carbonyl (C=O) groups is 1. The number of ether oxygens (including phenoxy) is 1. The van der Waals surface area contributed by atoms with Gasteiger partial charge in [0, 0.05) is 25.8 Å². The van der Waals surface area contributed by atoms with E-state index < -0.39 is 17.6 Å². The molecule has 0 atom stereocenters. The van der Waals surface area contributed by atoms with Gasteiger partial charge in [0.25, 0.3) is 0 Å². The Balaban J connectivity index is 1.46. The summed E-state index contributed by atoms with van der Waals surface area (Å²) in [5.74, 6) is 1.14. The zero-order chi connectivity index (χ0) is 22.3. The summed E-state index contributed by atoms with van der Waals surface area (Å²) in [4.78, 5) is 12.0. The number of halogens is 3. The van der Waals surface area contributed by atoms with E-state index in [0.29, 0.717) is 24.6 Å². The second-order valence-electron chi connectivity index (χ2n) is 6.87. The number of amides is 1. The highest BCUT2D eigenvalue weighted by molar-refractivity contribution is 5.76. The largest absolute Gasteiger partial charge is 0.497 e. The molecule has 1 amide bonds. The SMILES string of the molecule is COc1cccc(CCc2nnc(CCC(=O)NCc3ccccc3C(F)(F)F)o2)c1. The smallest absolute Gasteiger partial charge is 0.416 e. The summed E-state index contributed by atoms with van der Waals surface area (Å²) in [6.45, 7) is -0.204. The highest BCUT2D eigenvalue weighted by atomic mass is 19.4. The van der Waals surface area contributed by atoms with Gasteiger partial charge >= 0.3 is 6.18 Å². The summed E-state index contributed by atoms with van der Waals surface area (Å²) in [6.07, 6.45) is -2.99. The number of rotatable bonds is 9. The lowest BCUT2D eigenvalue weighted by atomic mass is 10.1. The Morgan fingerprint density at radius 1 is 1.03 bits per heavy atom. The van der Waals surface area contributed by atoms with Gasteiger partial charge in [-0.15, -0.1) is 10.2 Å². The molecule has 164 valence electrons. The Morgan fingerprint density at radius 3 is 2.52 bits per heavy atom. The van der Waals surface area contributed by atoms with Crippen LogP contribution in [-0.2, 0) is 36.8 Å².